The van der Waals surface area contributed by atoms with Crippen LogP contribution in [0.25, 0.3) is 38.4 Å². The Morgan fingerprint density at radius 2 is 1.31 bits per heavy atom. The number of amides is 1. The predicted octanol–water partition coefficient (Wildman–Crippen LogP) is 6.57. The summed E-state index contributed by atoms with van der Waals surface area (Å²) in [6, 6.07) is 32.6. The quantitative estimate of drug-likeness (QED) is 0.275. The first-order valence-corrected chi connectivity index (χ1v) is 9.49. The summed E-state index contributed by atoms with van der Waals surface area (Å²) >= 11 is 0. The Morgan fingerprint density at radius 1 is 0.690 bits per heavy atom. The van der Waals surface area contributed by atoms with Gasteiger partial charge in [0.15, 0.2) is 0 Å². The highest BCUT2D eigenvalue weighted by Crippen LogP contribution is 2.31. The summed E-state index contributed by atoms with van der Waals surface area (Å²) < 4.78 is 0. The maximum atomic E-state index is 10.4. The Labute approximate surface area is 169 Å². The normalized spacial score (nSPS) is 10.5. The summed E-state index contributed by atoms with van der Waals surface area (Å²) in [6.45, 7) is 3.95. The fourth-order valence-corrected chi connectivity index (χ4v) is 3.60. The smallest absolute Gasteiger partial charge is 0.248 e. The third-order valence-corrected chi connectivity index (χ3v) is 5.04. The molecule has 5 aromatic rings. The molecule has 0 spiro atoms. The number of hydrogen-bond donors (Lipinski definition) is 1. The van der Waals surface area contributed by atoms with Gasteiger partial charge in [0.1, 0.15) is 0 Å². The van der Waals surface area contributed by atoms with Crippen LogP contribution in [0, 0.1) is 0 Å². The first-order valence-electron chi connectivity index (χ1n) is 9.49. The van der Waals surface area contributed by atoms with Crippen molar-refractivity contribution in [2.24, 2.45) is 5.73 Å². The van der Waals surface area contributed by atoms with E-state index < -0.39 is 0 Å². The zero-order chi connectivity index (χ0) is 20.2. The molecule has 5 aromatic carbocycles. The molecule has 0 heterocycles. The second-order valence-corrected chi connectivity index (χ2v) is 6.87. The lowest BCUT2D eigenvalue weighted by Crippen LogP contribution is -2.09. The maximum absolute atomic E-state index is 10.4. The van der Waals surface area contributed by atoms with Crippen LogP contribution in [0.2, 0.25) is 0 Å². The van der Waals surface area contributed by atoms with E-state index in [1.54, 1.807) is 24.3 Å². The molecule has 0 atom stereocenters. The lowest BCUT2D eigenvalue weighted by Gasteiger charge is -2.09. The van der Waals surface area contributed by atoms with Crippen molar-refractivity contribution >= 4 is 44.3 Å². The molecule has 29 heavy (non-hydrogen) atoms. The van der Waals surface area contributed by atoms with Crippen molar-refractivity contribution < 1.29 is 4.79 Å². The summed E-state index contributed by atoms with van der Waals surface area (Å²) in [5.41, 5.74) is 6.73. The van der Waals surface area contributed by atoms with Crippen LogP contribution in [0.5, 0.6) is 0 Å². The fourth-order valence-electron chi connectivity index (χ4n) is 3.60. The molecular formula is C27H21NO. The number of fused-ring (bicyclic) bond motifs is 4. The Morgan fingerprint density at radius 3 is 1.97 bits per heavy atom. The van der Waals surface area contributed by atoms with Crippen LogP contribution < -0.4 is 5.73 Å². The third-order valence-electron chi connectivity index (χ3n) is 5.04. The molecule has 0 aromatic heterocycles. The van der Waals surface area contributed by atoms with Gasteiger partial charge in [-0.05, 0) is 62.1 Å². The number of carbonyl (C=O) groups excluding carboxylic acids is 1. The number of hydrogen-bond acceptors (Lipinski definition) is 1. The van der Waals surface area contributed by atoms with E-state index >= 15 is 0 Å². The van der Waals surface area contributed by atoms with E-state index in [0.717, 1.165) is 0 Å². The summed E-state index contributed by atoms with van der Waals surface area (Å²) in [5, 5.41) is 7.72. The molecule has 2 heteroatoms. The van der Waals surface area contributed by atoms with Crippen molar-refractivity contribution in [3.8, 4) is 0 Å². The highest BCUT2D eigenvalue weighted by molar-refractivity contribution is 6.14. The van der Waals surface area contributed by atoms with Crippen LogP contribution in [0.1, 0.15) is 15.9 Å². The Bertz CT molecular complexity index is 1340. The molecule has 5 rings (SSSR count). The summed E-state index contributed by atoms with van der Waals surface area (Å²) in [5.74, 6) is -0.379. The van der Waals surface area contributed by atoms with E-state index in [4.69, 9.17) is 5.73 Å². The van der Waals surface area contributed by atoms with Crippen molar-refractivity contribution in [2.45, 2.75) is 0 Å². The molecule has 2 nitrogen and oxygen atoms in total. The van der Waals surface area contributed by atoms with Gasteiger partial charge in [0, 0.05) is 5.56 Å². The SMILES string of the molecule is C=Cc1cccc2ccc3cc4ccccc4cc3c12.NC(=O)c1ccccc1. The molecule has 0 bridgehead atoms. The Balaban J connectivity index is 0.000000192. The van der Waals surface area contributed by atoms with Crippen molar-refractivity contribution in [3.63, 3.8) is 0 Å². The summed E-state index contributed by atoms with van der Waals surface area (Å²) in [7, 11) is 0. The van der Waals surface area contributed by atoms with Crippen LogP contribution in [-0.2, 0) is 0 Å². The summed E-state index contributed by atoms with van der Waals surface area (Å²) in [4.78, 5) is 10.4. The molecule has 0 radical (unpaired) electrons. The monoisotopic (exact) mass is 375 g/mol. The molecule has 140 valence electrons. The van der Waals surface area contributed by atoms with Crippen LogP contribution in [-0.4, -0.2) is 5.91 Å². The van der Waals surface area contributed by atoms with E-state index in [0.29, 0.717) is 5.56 Å². The van der Waals surface area contributed by atoms with Gasteiger partial charge in [0.25, 0.3) is 0 Å². The lowest BCUT2D eigenvalue weighted by molar-refractivity contribution is 0.100. The first kappa shape index (κ1) is 18.5. The second kappa shape index (κ2) is 7.99. The lowest BCUT2D eigenvalue weighted by atomic mass is 9.95. The van der Waals surface area contributed by atoms with Gasteiger partial charge in [0.2, 0.25) is 5.91 Å². The van der Waals surface area contributed by atoms with Gasteiger partial charge in [-0.3, -0.25) is 4.79 Å². The molecule has 0 aliphatic carbocycles. The molecule has 0 saturated carbocycles. The average Bonchev–Trinajstić information content (AvgIpc) is 2.78. The molecule has 1 amide bonds. The Kier molecular flexibility index (Phi) is 5.08. The first-order chi connectivity index (χ1) is 14.2. The van der Waals surface area contributed by atoms with Crippen LogP contribution in [0.4, 0.5) is 0 Å². The molecule has 0 saturated heterocycles. The second-order valence-electron chi connectivity index (χ2n) is 6.87. The van der Waals surface area contributed by atoms with E-state index in [-0.39, 0.29) is 5.91 Å². The van der Waals surface area contributed by atoms with Gasteiger partial charge in [-0.2, -0.15) is 0 Å². The minimum absolute atomic E-state index is 0.379. The zero-order valence-electron chi connectivity index (χ0n) is 16.0. The van der Waals surface area contributed by atoms with Crippen molar-refractivity contribution in [1.82, 2.24) is 0 Å². The van der Waals surface area contributed by atoms with Crippen molar-refractivity contribution in [2.75, 3.05) is 0 Å². The Hall–Kier alpha value is -3.91. The van der Waals surface area contributed by atoms with Gasteiger partial charge < -0.3 is 5.73 Å². The van der Waals surface area contributed by atoms with Crippen LogP contribution in [0.3, 0.4) is 0 Å². The number of rotatable bonds is 2. The summed E-state index contributed by atoms with van der Waals surface area (Å²) in [6.07, 6.45) is 1.94. The maximum Gasteiger partial charge on any atom is 0.248 e. The highest BCUT2D eigenvalue weighted by Gasteiger charge is 2.05. The van der Waals surface area contributed by atoms with Crippen molar-refractivity contribution in [3.05, 3.63) is 115 Å². The number of benzene rings is 5. The molecule has 0 aliphatic heterocycles. The van der Waals surface area contributed by atoms with Gasteiger partial charge in [-0.15, -0.1) is 0 Å². The molecule has 0 fully saturated rings. The van der Waals surface area contributed by atoms with Gasteiger partial charge >= 0.3 is 0 Å². The van der Waals surface area contributed by atoms with E-state index in [1.165, 1.54) is 37.9 Å². The number of carbonyl (C=O) groups is 1. The van der Waals surface area contributed by atoms with Gasteiger partial charge in [-0.1, -0.05) is 85.5 Å². The van der Waals surface area contributed by atoms with E-state index in [2.05, 4.69) is 73.3 Å². The third kappa shape index (κ3) is 3.74. The average molecular weight is 375 g/mol. The standard InChI is InChI=1S/C20H14.C7H7NO/c1-2-14-8-5-9-15-10-11-18-12-16-6-3-4-7-17(16)13-19(18)20(14)15;8-7(9)6-4-2-1-3-5-6/h2-13H,1H2;1-5H,(H2,8,9). The van der Waals surface area contributed by atoms with Gasteiger partial charge in [0.05, 0.1) is 0 Å². The highest BCUT2D eigenvalue weighted by atomic mass is 16.1. The van der Waals surface area contributed by atoms with Crippen LogP contribution in [0.15, 0.2) is 104 Å². The minimum atomic E-state index is -0.379. The molecule has 0 aliphatic rings. The molecular weight excluding hydrogens is 354 g/mol. The molecule has 0 unspecified atom stereocenters. The fraction of sp³-hybridized carbons (Fsp3) is 0. The number of nitrogens with two attached hydrogens (primary N) is 1. The minimum Gasteiger partial charge on any atom is -0.366 e. The largest absolute Gasteiger partial charge is 0.366 e. The van der Waals surface area contributed by atoms with Gasteiger partial charge in [-0.25, -0.2) is 0 Å². The predicted molar refractivity (Wildman–Crippen MR) is 124 cm³/mol. The van der Waals surface area contributed by atoms with E-state index in [1.807, 2.05) is 12.1 Å². The topological polar surface area (TPSA) is 43.1 Å². The zero-order valence-corrected chi connectivity index (χ0v) is 16.0. The van der Waals surface area contributed by atoms with Crippen molar-refractivity contribution in [1.29, 1.82) is 0 Å². The number of primary amides is 1. The van der Waals surface area contributed by atoms with E-state index in [9.17, 15) is 4.79 Å². The molecule has 2 N–H and O–H groups in total. The van der Waals surface area contributed by atoms with Crippen LogP contribution >= 0.6 is 0 Å².